The van der Waals surface area contributed by atoms with Crippen LogP contribution in [0.15, 0.2) is 53.4 Å². The molecule has 2 aromatic carbocycles. The fourth-order valence-electron chi connectivity index (χ4n) is 3.94. The highest BCUT2D eigenvalue weighted by Gasteiger charge is 2.26. The number of nitrogens with zero attached hydrogens (tertiary/aromatic N) is 1. The normalized spacial score (nSPS) is 18.8. The van der Waals surface area contributed by atoms with Gasteiger partial charge in [0, 0.05) is 24.8 Å². The van der Waals surface area contributed by atoms with Crippen molar-refractivity contribution in [3.8, 4) is 0 Å². The molecule has 9 heteroatoms. The molecule has 0 bridgehead atoms. The quantitative estimate of drug-likeness (QED) is 0.702. The van der Waals surface area contributed by atoms with E-state index in [1.165, 1.54) is 34.7 Å². The van der Waals surface area contributed by atoms with Gasteiger partial charge in [0.1, 0.15) is 0 Å². The van der Waals surface area contributed by atoms with Gasteiger partial charge in [-0.15, -0.1) is 0 Å². The number of nitrogens with one attached hydrogen (secondary N) is 2. The number of ether oxygens (including phenoxy) is 1. The Morgan fingerprint density at radius 2 is 1.71 bits per heavy atom. The van der Waals surface area contributed by atoms with E-state index >= 15 is 0 Å². The van der Waals surface area contributed by atoms with Gasteiger partial charge in [0.2, 0.25) is 10.0 Å². The van der Waals surface area contributed by atoms with Gasteiger partial charge >= 0.3 is 11.8 Å². The maximum Gasteiger partial charge on any atom is 0.313 e. The Balaban J connectivity index is 1.41. The Bertz CT molecular complexity index is 1060. The Hall–Kier alpha value is -2.75. The first-order valence-corrected chi connectivity index (χ1v) is 11.8. The molecule has 2 amide bonds. The summed E-state index contributed by atoms with van der Waals surface area (Å²) in [5, 5.41) is 2.53. The van der Waals surface area contributed by atoms with E-state index < -0.39 is 21.8 Å². The molecule has 0 aromatic heterocycles. The first-order chi connectivity index (χ1) is 14.9. The molecule has 0 saturated carbocycles. The van der Waals surface area contributed by atoms with Crippen LogP contribution in [-0.2, 0) is 30.8 Å². The van der Waals surface area contributed by atoms with Crippen LogP contribution in [0.5, 0.6) is 0 Å². The van der Waals surface area contributed by atoms with E-state index in [4.69, 9.17) is 4.74 Å². The Kier molecular flexibility index (Phi) is 6.35. The Labute approximate surface area is 181 Å². The molecule has 1 fully saturated rings. The summed E-state index contributed by atoms with van der Waals surface area (Å²) < 4.78 is 33.8. The van der Waals surface area contributed by atoms with E-state index in [9.17, 15) is 18.0 Å². The molecule has 0 radical (unpaired) electrons. The zero-order chi connectivity index (χ0) is 21.8. The Morgan fingerprint density at radius 1 is 1.00 bits per heavy atom. The minimum Gasteiger partial charge on any atom is -0.378 e. The van der Waals surface area contributed by atoms with Crippen molar-refractivity contribution in [3.05, 3.63) is 59.7 Å². The maximum atomic E-state index is 12.9. The van der Waals surface area contributed by atoms with Crippen LogP contribution >= 0.6 is 0 Å². The van der Waals surface area contributed by atoms with E-state index in [1.54, 1.807) is 0 Å². The van der Waals surface area contributed by atoms with Gasteiger partial charge in [-0.05, 0) is 54.7 Å². The monoisotopic (exact) mass is 443 g/mol. The van der Waals surface area contributed by atoms with Gasteiger partial charge in [-0.1, -0.05) is 24.3 Å². The molecule has 164 valence electrons. The fraction of sp³-hybridized carbons (Fsp3) is 0.364. The zero-order valence-electron chi connectivity index (χ0n) is 17.0. The molecular formula is C22H25N3O5S. The summed E-state index contributed by atoms with van der Waals surface area (Å²) in [6, 6.07) is 13.4. The van der Waals surface area contributed by atoms with Crippen molar-refractivity contribution >= 4 is 27.5 Å². The number of rotatable bonds is 4. The highest BCUT2D eigenvalue weighted by molar-refractivity contribution is 7.89. The van der Waals surface area contributed by atoms with E-state index in [1.807, 2.05) is 24.3 Å². The number of fused-ring (bicyclic) bond motifs is 1. The molecule has 1 saturated heterocycles. The highest BCUT2D eigenvalue weighted by Crippen LogP contribution is 2.31. The number of carbonyl (C=O) groups excluding carboxylic acids is 2. The summed E-state index contributed by atoms with van der Waals surface area (Å²) in [7, 11) is -3.73. The number of aryl methyl sites for hydroxylation is 1. The van der Waals surface area contributed by atoms with Crippen molar-refractivity contribution in [2.24, 2.45) is 0 Å². The van der Waals surface area contributed by atoms with Gasteiger partial charge in [0.25, 0.3) is 0 Å². The van der Waals surface area contributed by atoms with Gasteiger partial charge in [-0.3, -0.25) is 9.59 Å². The van der Waals surface area contributed by atoms with Gasteiger partial charge in [-0.2, -0.15) is 0 Å². The average molecular weight is 444 g/mol. The number of hydrogen-bond donors (Lipinski definition) is 2. The van der Waals surface area contributed by atoms with E-state index in [2.05, 4.69) is 10.0 Å². The molecule has 1 heterocycles. The number of benzene rings is 2. The van der Waals surface area contributed by atoms with E-state index in [0.29, 0.717) is 32.0 Å². The number of amides is 2. The maximum absolute atomic E-state index is 12.9. The summed E-state index contributed by atoms with van der Waals surface area (Å²) in [6.45, 7) is 1.56. The summed E-state index contributed by atoms with van der Waals surface area (Å²) in [6.07, 6.45) is 2.62. The second-order valence-electron chi connectivity index (χ2n) is 7.65. The number of sulfonamides is 1. The lowest BCUT2D eigenvalue weighted by Gasteiger charge is -2.26. The third-order valence-electron chi connectivity index (χ3n) is 5.58. The molecule has 8 nitrogen and oxygen atoms in total. The summed E-state index contributed by atoms with van der Waals surface area (Å²) in [4.78, 5) is 25.9. The minimum absolute atomic E-state index is 0.105. The van der Waals surface area contributed by atoms with Crippen LogP contribution in [0.2, 0.25) is 0 Å². The first kappa shape index (κ1) is 21.5. The third kappa shape index (κ3) is 4.95. The molecule has 1 aliphatic heterocycles. The van der Waals surface area contributed by atoms with E-state index in [-0.39, 0.29) is 10.9 Å². The molecule has 2 N–H and O–H groups in total. The molecule has 0 unspecified atom stereocenters. The van der Waals surface area contributed by atoms with Gasteiger partial charge in [-0.25, -0.2) is 13.1 Å². The van der Waals surface area contributed by atoms with Gasteiger partial charge < -0.3 is 15.0 Å². The molecule has 31 heavy (non-hydrogen) atoms. The lowest BCUT2D eigenvalue weighted by Crippen LogP contribution is -2.45. The van der Waals surface area contributed by atoms with Crippen LogP contribution in [0, 0.1) is 0 Å². The number of carbonyl (C=O) groups is 2. The smallest absolute Gasteiger partial charge is 0.313 e. The lowest BCUT2D eigenvalue weighted by atomic mass is 9.88. The molecule has 0 spiro atoms. The molecule has 2 aliphatic rings. The van der Waals surface area contributed by atoms with E-state index in [0.717, 1.165) is 24.8 Å². The van der Waals surface area contributed by atoms with Crippen LogP contribution in [-0.4, -0.2) is 51.4 Å². The first-order valence-electron chi connectivity index (χ1n) is 10.3. The molecule has 1 aliphatic carbocycles. The third-order valence-corrected chi connectivity index (χ3v) is 7.07. The SMILES string of the molecule is O=C(Nc1ccc(S(=O)(=O)N[C@@H]2CCCc3ccccc32)cc1)C(=O)N1CCOCC1. The van der Waals surface area contributed by atoms with Gasteiger partial charge in [0.15, 0.2) is 0 Å². The van der Waals surface area contributed by atoms with Crippen LogP contribution in [0.3, 0.4) is 0 Å². The summed E-state index contributed by atoms with van der Waals surface area (Å²) in [5.74, 6) is -1.38. The summed E-state index contributed by atoms with van der Waals surface area (Å²) >= 11 is 0. The van der Waals surface area contributed by atoms with Crippen molar-refractivity contribution in [3.63, 3.8) is 0 Å². The fourth-order valence-corrected chi connectivity index (χ4v) is 5.19. The van der Waals surface area contributed by atoms with Crippen molar-refractivity contribution in [1.82, 2.24) is 9.62 Å². The standard InChI is InChI=1S/C22H25N3O5S/c26-21(22(27)25-12-14-30-15-13-25)23-17-8-10-18(11-9-17)31(28,29)24-20-7-3-5-16-4-1-2-6-19(16)20/h1-2,4,6,8-11,20,24H,3,5,7,12-15H2,(H,23,26)/t20-/m1/s1. The second kappa shape index (κ2) is 9.17. The number of anilines is 1. The molecule has 2 aromatic rings. The second-order valence-corrected chi connectivity index (χ2v) is 9.36. The topological polar surface area (TPSA) is 105 Å². The predicted molar refractivity (Wildman–Crippen MR) is 115 cm³/mol. The van der Waals surface area contributed by atoms with Crippen LogP contribution < -0.4 is 10.0 Å². The molecular weight excluding hydrogens is 418 g/mol. The largest absolute Gasteiger partial charge is 0.378 e. The Morgan fingerprint density at radius 3 is 2.45 bits per heavy atom. The molecule has 1 atom stereocenters. The zero-order valence-corrected chi connectivity index (χ0v) is 17.9. The molecule has 4 rings (SSSR count). The lowest BCUT2D eigenvalue weighted by molar-refractivity contribution is -0.145. The predicted octanol–water partition coefficient (Wildman–Crippen LogP) is 1.84. The van der Waals surface area contributed by atoms with Crippen molar-refractivity contribution in [2.75, 3.05) is 31.6 Å². The number of morpholine rings is 1. The summed E-state index contributed by atoms with van der Waals surface area (Å²) in [5.41, 5.74) is 2.54. The van der Waals surface area contributed by atoms with Gasteiger partial charge in [0.05, 0.1) is 18.1 Å². The number of hydrogen-bond acceptors (Lipinski definition) is 5. The van der Waals surface area contributed by atoms with Crippen LogP contribution in [0.25, 0.3) is 0 Å². The minimum atomic E-state index is -3.73. The van der Waals surface area contributed by atoms with Crippen molar-refractivity contribution in [1.29, 1.82) is 0 Å². The van der Waals surface area contributed by atoms with Crippen LogP contribution in [0.4, 0.5) is 5.69 Å². The van der Waals surface area contributed by atoms with Crippen LogP contribution in [0.1, 0.15) is 30.0 Å². The highest BCUT2D eigenvalue weighted by atomic mass is 32.2. The average Bonchev–Trinajstić information content (AvgIpc) is 2.79. The van der Waals surface area contributed by atoms with Crippen molar-refractivity contribution in [2.45, 2.75) is 30.2 Å². The van der Waals surface area contributed by atoms with Crippen molar-refractivity contribution < 1.29 is 22.7 Å².